The SMILES string of the molecule is COC(CCC[C@H]1C(=O)OCN1C(=O)OCc1ccccc1)OC. The Morgan fingerprint density at radius 1 is 1.29 bits per heavy atom. The lowest BCUT2D eigenvalue weighted by Gasteiger charge is -2.20. The van der Waals surface area contributed by atoms with Crippen LogP contribution in [0, 0.1) is 0 Å². The highest BCUT2D eigenvalue weighted by Gasteiger charge is 2.38. The first kappa shape index (κ1) is 18.2. The fourth-order valence-electron chi connectivity index (χ4n) is 2.51. The van der Waals surface area contributed by atoms with Crippen molar-refractivity contribution in [2.45, 2.75) is 38.2 Å². The van der Waals surface area contributed by atoms with Crippen LogP contribution in [0.1, 0.15) is 24.8 Å². The molecule has 1 aliphatic heterocycles. The van der Waals surface area contributed by atoms with E-state index >= 15 is 0 Å². The molecule has 1 aromatic rings. The molecule has 0 N–H and O–H groups in total. The maximum absolute atomic E-state index is 12.2. The maximum atomic E-state index is 12.2. The Morgan fingerprint density at radius 3 is 2.67 bits per heavy atom. The average Bonchev–Trinajstić information content (AvgIpc) is 2.98. The van der Waals surface area contributed by atoms with Gasteiger partial charge in [-0.2, -0.15) is 0 Å². The molecule has 0 aromatic heterocycles. The van der Waals surface area contributed by atoms with Crippen LogP contribution < -0.4 is 0 Å². The van der Waals surface area contributed by atoms with Crippen molar-refractivity contribution in [1.29, 1.82) is 0 Å². The zero-order chi connectivity index (χ0) is 17.4. The van der Waals surface area contributed by atoms with Crippen LogP contribution in [-0.2, 0) is 30.3 Å². The molecule has 1 fully saturated rings. The van der Waals surface area contributed by atoms with E-state index in [0.29, 0.717) is 19.3 Å². The molecule has 2 rings (SSSR count). The minimum absolute atomic E-state index is 0.0743. The third kappa shape index (κ3) is 4.94. The van der Waals surface area contributed by atoms with Crippen LogP contribution in [0.2, 0.25) is 0 Å². The lowest BCUT2D eigenvalue weighted by Crippen LogP contribution is -2.38. The van der Waals surface area contributed by atoms with Gasteiger partial charge in [0.05, 0.1) is 0 Å². The van der Waals surface area contributed by atoms with Crippen LogP contribution in [0.4, 0.5) is 4.79 Å². The van der Waals surface area contributed by atoms with Crippen LogP contribution in [0.15, 0.2) is 30.3 Å². The normalized spacial score (nSPS) is 17.2. The molecular weight excluding hydrogens is 314 g/mol. The van der Waals surface area contributed by atoms with Crippen molar-refractivity contribution < 1.29 is 28.5 Å². The molecule has 7 heteroatoms. The minimum Gasteiger partial charge on any atom is -0.444 e. The van der Waals surface area contributed by atoms with Gasteiger partial charge in [0.25, 0.3) is 0 Å². The van der Waals surface area contributed by atoms with Crippen LogP contribution in [-0.4, -0.2) is 50.2 Å². The van der Waals surface area contributed by atoms with Gasteiger partial charge in [-0.05, 0) is 24.8 Å². The summed E-state index contributed by atoms with van der Waals surface area (Å²) in [5.74, 6) is -0.405. The smallest absolute Gasteiger partial charge is 0.413 e. The Labute approximate surface area is 141 Å². The molecule has 132 valence electrons. The van der Waals surface area contributed by atoms with Gasteiger partial charge in [-0.3, -0.25) is 4.90 Å². The number of methoxy groups -OCH3 is 2. The summed E-state index contributed by atoms with van der Waals surface area (Å²) in [5, 5.41) is 0. The third-order valence-electron chi connectivity index (χ3n) is 3.88. The molecule has 0 saturated carbocycles. The molecule has 1 atom stereocenters. The summed E-state index contributed by atoms with van der Waals surface area (Å²) in [4.78, 5) is 25.4. The van der Waals surface area contributed by atoms with E-state index in [-0.39, 0.29) is 19.6 Å². The summed E-state index contributed by atoms with van der Waals surface area (Å²) in [6, 6.07) is 8.75. The zero-order valence-electron chi connectivity index (χ0n) is 14.0. The molecule has 0 aliphatic carbocycles. The van der Waals surface area contributed by atoms with Gasteiger partial charge in [-0.1, -0.05) is 30.3 Å². The van der Waals surface area contributed by atoms with E-state index in [1.807, 2.05) is 30.3 Å². The molecular formula is C17H23NO6. The summed E-state index contributed by atoms with van der Waals surface area (Å²) in [5.41, 5.74) is 0.886. The second kappa shape index (κ2) is 9.24. The monoisotopic (exact) mass is 337 g/mol. The fraction of sp³-hybridized carbons (Fsp3) is 0.529. The van der Waals surface area contributed by atoms with Gasteiger partial charge in [0.15, 0.2) is 13.0 Å². The second-order valence-corrected chi connectivity index (χ2v) is 5.45. The van der Waals surface area contributed by atoms with Crippen LogP contribution in [0.3, 0.4) is 0 Å². The molecule has 24 heavy (non-hydrogen) atoms. The Morgan fingerprint density at radius 2 is 2.00 bits per heavy atom. The van der Waals surface area contributed by atoms with Crippen molar-refractivity contribution in [1.82, 2.24) is 4.90 Å². The van der Waals surface area contributed by atoms with Gasteiger partial charge in [0, 0.05) is 14.2 Å². The first-order valence-electron chi connectivity index (χ1n) is 7.85. The second-order valence-electron chi connectivity index (χ2n) is 5.45. The quantitative estimate of drug-likeness (QED) is 0.535. The lowest BCUT2D eigenvalue weighted by molar-refractivity contribution is -0.139. The highest BCUT2D eigenvalue weighted by molar-refractivity contribution is 5.83. The Hall–Kier alpha value is -2.12. The molecule has 0 radical (unpaired) electrons. The predicted octanol–water partition coefficient (Wildman–Crippen LogP) is 2.30. The van der Waals surface area contributed by atoms with Crippen LogP contribution in [0.5, 0.6) is 0 Å². The number of hydrogen-bond donors (Lipinski definition) is 0. The van der Waals surface area contributed by atoms with Gasteiger partial charge in [-0.25, -0.2) is 9.59 Å². The Kier molecular flexibility index (Phi) is 7.02. The number of amides is 1. The number of benzene rings is 1. The van der Waals surface area contributed by atoms with Crippen LogP contribution >= 0.6 is 0 Å². The predicted molar refractivity (Wildman–Crippen MR) is 84.9 cm³/mol. The summed E-state index contributed by atoms with van der Waals surface area (Å²) >= 11 is 0. The molecule has 1 aromatic carbocycles. The van der Waals surface area contributed by atoms with Gasteiger partial charge in [0.2, 0.25) is 0 Å². The number of carbonyl (C=O) groups excluding carboxylic acids is 2. The molecule has 7 nitrogen and oxygen atoms in total. The van der Waals surface area contributed by atoms with Gasteiger partial charge >= 0.3 is 12.1 Å². The maximum Gasteiger partial charge on any atom is 0.413 e. The van der Waals surface area contributed by atoms with Crippen molar-refractivity contribution in [2.24, 2.45) is 0 Å². The zero-order valence-corrected chi connectivity index (χ0v) is 14.0. The number of nitrogens with zero attached hydrogens (tertiary/aromatic N) is 1. The van der Waals surface area contributed by atoms with Crippen molar-refractivity contribution >= 4 is 12.1 Å². The van der Waals surface area contributed by atoms with Gasteiger partial charge in [-0.15, -0.1) is 0 Å². The average molecular weight is 337 g/mol. The molecule has 0 unspecified atom stereocenters. The van der Waals surface area contributed by atoms with Crippen molar-refractivity contribution in [3.8, 4) is 0 Å². The number of rotatable bonds is 8. The highest BCUT2D eigenvalue weighted by Crippen LogP contribution is 2.20. The first-order valence-corrected chi connectivity index (χ1v) is 7.85. The first-order chi connectivity index (χ1) is 11.7. The van der Waals surface area contributed by atoms with E-state index in [1.54, 1.807) is 14.2 Å². The van der Waals surface area contributed by atoms with E-state index in [4.69, 9.17) is 18.9 Å². The van der Waals surface area contributed by atoms with E-state index in [2.05, 4.69) is 0 Å². The molecule has 1 aliphatic rings. The largest absolute Gasteiger partial charge is 0.444 e. The standard InChI is InChI=1S/C17H23NO6/c1-21-15(22-2)10-6-9-14-16(19)24-12-18(14)17(20)23-11-13-7-4-3-5-8-13/h3-5,7-8,14-15H,6,9-12H2,1-2H3/t14-/m0/s1. The van der Waals surface area contributed by atoms with Gasteiger partial charge in [0.1, 0.15) is 12.6 Å². The molecule has 0 bridgehead atoms. The lowest BCUT2D eigenvalue weighted by atomic mass is 10.1. The van der Waals surface area contributed by atoms with E-state index in [0.717, 1.165) is 5.56 Å². The van der Waals surface area contributed by atoms with E-state index in [9.17, 15) is 9.59 Å². The minimum atomic E-state index is -0.623. The Balaban J connectivity index is 1.83. The van der Waals surface area contributed by atoms with E-state index in [1.165, 1.54) is 4.90 Å². The number of ether oxygens (including phenoxy) is 4. The molecule has 1 amide bonds. The fourth-order valence-corrected chi connectivity index (χ4v) is 2.51. The Bertz CT molecular complexity index is 531. The highest BCUT2D eigenvalue weighted by atomic mass is 16.7. The summed E-state index contributed by atoms with van der Waals surface area (Å²) < 4.78 is 20.5. The number of esters is 1. The number of cyclic esters (lactones) is 1. The number of carbonyl (C=O) groups is 2. The molecule has 1 saturated heterocycles. The third-order valence-corrected chi connectivity index (χ3v) is 3.88. The van der Waals surface area contributed by atoms with Crippen molar-refractivity contribution in [3.05, 3.63) is 35.9 Å². The number of hydrogen-bond acceptors (Lipinski definition) is 6. The van der Waals surface area contributed by atoms with Crippen molar-refractivity contribution in [2.75, 3.05) is 21.0 Å². The summed E-state index contributed by atoms with van der Waals surface area (Å²) in [7, 11) is 3.12. The van der Waals surface area contributed by atoms with E-state index < -0.39 is 18.1 Å². The van der Waals surface area contributed by atoms with Crippen LogP contribution in [0.25, 0.3) is 0 Å². The molecule has 0 spiro atoms. The van der Waals surface area contributed by atoms with Crippen molar-refractivity contribution in [3.63, 3.8) is 0 Å². The topological polar surface area (TPSA) is 74.3 Å². The summed E-state index contributed by atoms with van der Waals surface area (Å²) in [6.07, 6.45) is 0.895. The molecule has 1 heterocycles. The van der Waals surface area contributed by atoms with Gasteiger partial charge < -0.3 is 18.9 Å². The summed E-state index contributed by atoms with van der Waals surface area (Å²) in [6.45, 7) is 0.0849.